The Morgan fingerprint density at radius 1 is 1.17 bits per heavy atom. The van der Waals surface area contributed by atoms with E-state index in [1.165, 1.54) is 7.11 Å². The zero-order valence-electron chi connectivity index (χ0n) is 12.8. The van der Waals surface area contributed by atoms with E-state index >= 15 is 0 Å². The van der Waals surface area contributed by atoms with Gasteiger partial charge in [-0.05, 0) is 37.8 Å². The number of hydrogen-bond acceptors (Lipinski definition) is 4. The fourth-order valence-electron chi connectivity index (χ4n) is 2.62. The number of ether oxygens (including phenoxy) is 2. The summed E-state index contributed by atoms with van der Waals surface area (Å²) >= 11 is 11.7. The highest BCUT2D eigenvalue weighted by atomic mass is 35.5. The zero-order chi connectivity index (χ0) is 16.8. The molecule has 0 spiro atoms. The summed E-state index contributed by atoms with van der Waals surface area (Å²) in [7, 11) is 1.40. The van der Waals surface area contributed by atoms with Gasteiger partial charge < -0.3 is 14.8 Å². The van der Waals surface area contributed by atoms with E-state index in [9.17, 15) is 9.59 Å². The van der Waals surface area contributed by atoms with Gasteiger partial charge in [0.05, 0.1) is 23.1 Å². The molecule has 2 rings (SSSR count). The monoisotopic (exact) mass is 359 g/mol. The summed E-state index contributed by atoms with van der Waals surface area (Å²) < 4.78 is 10.1. The van der Waals surface area contributed by atoms with Crippen LogP contribution in [0.5, 0.6) is 5.75 Å². The maximum atomic E-state index is 11.9. The van der Waals surface area contributed by atoms with Crippen LogP contribution in [-0.4, -0.2) is 31.6 Å². The van der Waals surface area contributed by atoms with Gasteiger partial charge in [0.25, 0.3) is 5.91 Å². The molecule has 0 aliphatic heterocycles. The summed E-state index contributed by atoms with van der Waals surface area (Å²) in [6.45, 7) is -0.0884. The molecule has 1 N–H and O–H groups in total. The molecule has 1 fully saturated rings. The molecular weight excluding hydrogens is 341 g/mol. The predicted octanol–water partition coefficient (Wildman–Crippen LogP) is 3.22. The molecule has 126 valence electrons. The van der Waals surface area contributed by atoms with E-state index in [1.54, 1.807) is 18.2 Å². The Labute approximate surface area is 145 Å². The van der Waals surface area contributed by atoms with Gasteiger partial charge in [-0.25, -0.2) is 0 Å². The first-order valence-corrected chi connectivity index (χ1v) is 8.20. The standard InChI is InChI=1S/C16H19Cl2NO4/c1-22-16(21)10-2-4-11(5-3-10)19-15(20)9-23-12-6-7-13(17)14(18)8-12/h6-8,10-11H,2-5,9H2,1H3,(H,19,20)/t10-,11-. The van der Waals surface area contributed by atoms with Crippen LogP contribution in [0.2, 0.25) is 10.0 Å². The number of rotatable bonds is 5. The summed E-state index contributed by atoms with van der Waals surface area (Å²) in [4.78, 5) is 23.4. The molecule has 5 nitrogen and oxygen atoms in total. The van der Waals surface area contributed by atoms with Crippen molar-refractivity contribution in [2.24, 2.45) is 5.92 Å². The van der Waals surface area contributed by atoms with Crippen molar-refractivity contribution in [2.45, 2.75) is 31.7 Å². The number of esters is 1. The highest BCUT2D eigenvalue weighted by Gasteiger charge is 2.27. The SMILES string of the molecule is COC(=O)[C@H]1CC[C@H](NC(=O)COc2ccc(Cl)c(Cl)c2)CC1. The Morgan fingerprint density at radius 3 is 2.48 bits per heavy atom. The minimum atomic E-state index is -0.197. The molecule has 0 atom stereocenters. The Morgan fingerprint density at radius 2 is 1.87 bits per heavy atom. The van der Waals surface area contributed by atoms with Crippen molar-refractivity contribution < 1.29 is 19.1 Å². The maximum Gasteiger partial charge on any atom is 0.308 e. The fourth-order valence-corrected chi connectivity index (χ4v) is 2.91. The van der Waals surface area contributed by atoms with Gasteiger partial charge in [-0.2, -0.15) is 0 Å². The third-order valence-electron chi connectivity index (χ3n) is 3.89. The number of benzene rings is 1. The predicted molar refractivity (Wildman–Crippen MR) is 87.9 cm³/mol. The lowest BCUT2D eigenvalue weighted by Gasteiger charge is -2.27. The molecule has 1 aliphatic rings. The van der Waals surface area contributed by atoms with E-state index in [0.29, 0.717) is 15.8 Å². The Kier molecular flexibility index (Phi) is 6.54. The van der Waals surface area contributed by atoms with Crippen LogP contribution in [-0.2, 0) is 14.3 Å². The molecular formula is C16H19Cl2NO4. The van der Waals surface area contributed by atoms with Crippen LogP contribution in [0.15, 0.2) is 18.2 Å². The largest absolute Gasteiger partial charge is 0.484 e. The van der Waals surface area contributed by atoms with Crippen LogP contribution in [0.1, 0.15) is 25.7 Å². The van der Waals surface area contributed by atoms with Crippen molar-refractivity contribution in [3.63, 3.8) is 0 Å². The Bertz CT molecular complexity index is 571. The highest BCUT2D eigenvalue weighted by Crippen LogP contribution is 2.27. The third kappa shape index (κ3) is 5.29. The molecule has 1 saturated carbocycles. The van der Waals surface area contributed by atoms with Crippen LogP contribution in [0.3, 0.4) is 0 Å². The van der Waals surface area contributed by atoms with Crippen molar-refractivity contribution in [1.29, 1.82) is 0 Å². The summed E-state index contributed by atoms with van der Waals surface area (Å²) in [5, 5.41) is 3.73. The number of amides is 1. The molecule has 7 heteroatoms. The van der Waals surface area contributed by atoms with Crippen LogP contribution in [0.25, 0.3) is 0 Å². The lowest BCUT2D eigenvalue weighted by Crippen LogP contribution is -2.41. The number of carbonyl (C=O) groups is 2. The van der Waals surface area contributed by atoms with E-state index < -0.39 is 0 Å². The lowest BCUT2D eigenvalue weighted by molar-refractivity contribution is -0.146. The summed E-state index contributed by atoms with van der Waals surface area (Å²) in [6, 6.07) is 4.91. The zero-order valence-corrected chi connectivity index (χ0v) is 14.3. The second-order valence-corrected chi connectivity index (χ2v) is 6.32. The minimum Gasteiger partial charge on any atom is -0.484 e. The lowest BCUT2D eigenvalue weighted by atomic mass is 9.86. The first kappa shape index (κ1) is 17.9. The van der Waals surface area contributed by atoms with Gasteiger partial charge in [0.1, 0.15) is 5.75 Å². The number of halogens is 2. The smallest absolute Gasteiger partial charge is 0.308 e. The highest BCUT2D eigenvalue weighted by molar-refractivity contribution is 6.42. The topological polar surface area (TPSA) is 64.6 Å². The average molecular weight is 360 g/mol. The van der Waals surface area contributed by atoms with Crippen LogP contribution >= 0.6 is 23.2 Å². The van der Waals surface area contributed by atoms with Crippen LogP contribution < -0.4 is 10.1 Å². The quantitative estimate of drug-likeness (QED) is 0.819. The molecule has 0 aromatic heterocycles. The molecule has 1 amide bonds. The molecule has 1 aliphatic carbocycles. The number of methoxy groups -OCH3 is 1. The molecule has 1 aromatic carbocycles. The molecule has 0 unspecified atom stereocenters. The molecule has 0 saturated heterocycles. The van der Waals surface area contributed by atoms with Gasteiger partial charge in [0, 0.05) is 12.1 Å². The van der Waals surface area contributed by atoms with Crippen molar-refractivity contribution in [3.8, 4) is 5.75 Å². The average Bonchev–Trinajstić information content (AvgIpc) is 2.56. The molecule has 1 aromatic rings. The normalized spacial score (nSPS) is 20.7. The van der Waals surface area contributed by atoms with E-state index in [2.05, 4.69) is 5.32 Å². The number of hydrogen-bond donors (Lipinski definition) is 1. The van der Waals surface area contributed by atoms with E-state index in [-0.39, 0.29) is 30.4 Å². The molecule has 23 heavy (non-hydrogen) atoms. The van der Waals surface area contributed by atoms with E-state index in [1.807, 2.05) is 0 Å². The molecule has 0 bridgehead atoms. The summed E-state index contributed by atoms with van der Waals surface area (Å²) in [6.07, 6.45) is 2.98. The fraction of sp³-hybridized carbons (Fsp3) is 0.500. The van der Waals surface area contributed by atoms with Gasteiger partial charge in [0.15, 0.2) is 6.61 Å². The number of nitrogens with one attached hydrogen (secondary N) is 1. The van der Waals surface area contributed by atoms with Crippen molar-refractivity contribution in [1.82, 2.24) is 5.32 Å². The summed E-state index contributed by atoms with van der Waals surface area (Å²) in [5.41, 5.74) is 0. The van der Waals surface area contributed by atoms with Crippen LogP contribution in [0, 0.1) is 5.92 Å². The van der Waals surface area contributed by atoms with E-state index in [0.717, 1.165) is 25.7 Å². The van der Waals surface area contributed by atoms with Gasteiger partial charge in [0.2, 0.25) is 0 Å². The first-order valence-electron chi connectivity index (χ1n) is 7.44. The molecule has 0 heterocycles. The van der Waals surface area contributed by atoms with Crippen molar-refractivity contribution in [2.75, 3.05) is 13.7 Å². The second kappa shape index (κ2) is 8.41. The molecule has 0 radical (unpaired) electrons. The Balaban J connectivity index is 1.73. The minimum absolute atomic E-state index is 0.0550. The van der Waals surface area contributed by atoms with Gasteiger partial charge in [-0.3, -0.25) is 9.59 Å². The maximum absolute atomic E-state index is 11.9. The van der Waals surface area contributed by atoms with Crippen molar-refractivity contribution in [3.05, 3.63) is 28.2 Å². The second-order valence-electron chi connectivity index (χ2n) is 5.50. The van der Waals surface area contributed by atoms with Gasteiger partial charge >= 0.3 is 5.97 Å². The number of carbonyl (C=O) groups excluding carboxylic acids is 2. The van der Waals surface area contributed by atoms with Crippen LogP contribution in [0.4, 0.5) is 0 Å². The van der Waals surface area contributed by atoms with E-state index in [4.69, 9.17) is 32.7 Å². The summed E-state index contributed by atoms with van der Waals surface area (Å²) in [5.74, 6) is 0.0693. The Hall–Kier alpha value is -1.46. The van der Waals surface area contributed by atoms with Crippen molar-refractivity contribution >= 4 is 35.1 Å². The first-order chi connectivity index (χ1) is 11.0. The van der Waals surface area contributed by atoms with Gasteiger partial charge in [-0.1, -0.05) is 23.2 Å². The van der Waals surface area contributed by atoms with Gasteiger partial charge in [-0.15, -0.1) is 0 Å². The third-order valence-corrected chi connectivity index (χ3v) is 4.63.